The molecule has 2 N–H and O–H groups in total. The molecule has 3 unspecified atom stereocenters. The zero-order chi connectivity index (χ0) is 13.5. The molecule has 3 atom stereocenters. The first-order chi connectivity index (χ1) is 9.06. The van der Waals surface area contributed by atoms with E-state index in [0.717, 1.165) is 18.5 Å². The van der Waals surface area contributed by atoms with Crippen molar-refractivity contribution in [2.75, 3.05) is 13.1 Å². The Morgan fingerprint density at radius 1 is 1.26 bits per heavy atom. The maximum Gasteiger partial charge on any atom is 0.0359 e. The van der Waals surface area contributed by atoms with Crippen molar-refractivity contribution < 1.29 is 0 Å². The molecule has 2 heteroatoms. The minimum atomic E-state index is 0.118. The number of hydrogen-bond donors (Lipinski definition) is 1. The zero-order valence-electron chi connectivity index (χ0n) is 12.2. The molecule has 0 spiro atoms. The highest BCUT2D eigenvalue weighted by Crippen LogP contribution is 2.41. The van der Waals surface area contributed by atoms with E-state index in [-0.39, 0.29) is 11.5 Å². The fraction of sp³-hybridized carbons (Fsp3) is 0.647. The molecule has 0 radical (unpaired) electrons. The smallest absolute Gasteiger partial charge is 0.0359 e. The summed E-state index contributed by atoms with van der Waals surface area (Å²) < 4.78 is 0. The number of nitrogens with two attached hydrogens (primary N) is 1. The topological polar surface area (TPSA) is 29.3 Å². The molecule has 1 aliphatic carbocycles. The van der Waals surface area contributed by atoms with E-state index in [0.29, 0.717) is 0 Å². The summed E-state index contributed by atoms with van der Waals surface area (Å²) in [6, 6.07) is 11.5. The molecule has 1 aromatic carbocycles. The number of likely N-dealkylation sites (tertiary alicyclic amines) is 1. The highest BCUT2D eigenvalue weighted by molar-refractivity contribution is 5.20. The van der Waals surface area contributed by atoms with Crippen LogP contribution in [0, 0.1) is 11.3 Å². The zero-order valence-corrected chi connectivity index (χ0v) is 12.2. The second kappa shape index (κ2) is 4.92. The third-order valence-corrected chi connectivity index (χ3v) is 5.13. The molecule has 0 amide bonds. The molecule has 2 aliphatic rings. The third kappa shape index (κ3) is 2.56. The van der Waals surface area contributed by atoms with Gasteiger partial charge in [0.25, 0.3) is 0 Å². The Bertz CT molecular complexity index is 426. The summed E-state index contributed by atoms with van der Waals surface area (Å²) in [5, 5.41) is 0. The van der Waals surface area contributed by atoms with Gasteiger partial charge >= 0.3 is 0 Å². The quantitative estimate of drug-likeness (QED) is 0.898. The van der Waals surface area contributed by atoms with Gasteiger partial charge < -0.3 is 5.73 Å². The Balaban J connectivity index is 1.68. The largest absolute Gasteiger partial charge is 0.323 e. The molecule has 0 aromatic heterocycles. The van der Waals surface area contributed by atoms with Gasteiger partial charge in [-0.1, -0.05) is 44.2 Å². The summed E-state index contributed by atoms with van der Waals surface area (Å²) >= 11 is 0. The van der Waals surface area contributed by atoms with E-state index < -0.39 is 0 Å². The summed E-state index contributed by atoms with van der Waals surface area (Å²) in [4.78, 5) is 2.69. The number of rotatable bonds is 4. The summed E-state index contributed by atoms with van der Waals surface area (Å²) in [7, 11) is 0. The van der Waals surface area contributed by atoms with Crippen molar-refractivity contribution >= 4 is 0 Å². The normalized spacial score (nSPS) is 28.8. The maximum atomic E-state index is 6.52. The molecule has 19 heavy (non-hydrogen) atoms. The molecular formula is C17H26N2. The molecule has 1 saturated heterocycles. The van der Waals surface area contributed by atoms with Crippen molar-refractivity contribution in [2.24, 2.45) is 17.1 Å². The predicted molar refractivity (Wildman–Crippen MR) is 79.9 cm³/mol. The van der Waals surface area contributed by atoms with Gasteiger partial charge in [0.15, 0.2) is 0 Å². The van der Waals surface area contributed by atoms with Crippen molar-refractivity contribution in [3.8, 4) is 0 Å². The van der Waals surface area contributed by atoms with Gasteiger partial charge in [-0.2, -0.15) is 0 Å². The van der Waals surface area contributed by atoms with Gasteiger partial charge in [-0.15, -0.1) is 0 Å². The van der Waals surface area contributed by atoms with Gasteiger partial charge in [0, 0.05) is 25.2 Å². The SMILES string of the molecule is CC(C)(CN1CC2CCC1C2)C(N)c1ccccc1. The minimum Gasteiger partial charge on any atom is -0.323 e. The van der Waals surface area contributed by atoms with Crippen LogP contribution in [0.15, 0.2) is 30.3 Å². The third-order valence-electron chi connectivity index (χ3n) is 5.13. The van der Waals surface area contributed by atoms with Crippen molar-refractivity contribution in [1.82, 2.24) is 4.90 Å². The van der Waals surface area contributed by atoms with Crippen molar-refractivity contribution in [3.05, 3.63) is 35.9 Å². The van der Waals surface area contributed by atoms with Crippen LogP contribution in [-0.4, -0.2) is 24.0 Å². The first-order valence-electron chi connectivity index (χ1n) is 7.61. The van der Waals surface area contributed by atoms with E-state index in [2.05, 4.69) is 49.1 Å². The lowest BCUT2D eigenvalue weighted by Crippen LogP contribution is -2.44. The van der Waals surface area contributed by atoms with E-state index >= 15 is 0 Å². The van der Waals surface area contributed by atoms with E-state index in [4.69, 9.17) is 5.73 Å². The van der Waals surface area contributed by atoms with E-state index in [1.165, 1.54) is 31.4 Å². The van der Waals surface area contributed by atoms with Crippen LogP contribution < -0.4 is 5.73 Å². The second-order valence-corrected chi connectivity index (χ2v) is 7.14. The number of benzene rings is 1. The van der Waals surface area contributed by atoms with Crippen LogP contribution in [0.4, 0.5) is 0 Å². The lowest BCUT2D eigenvalue weighted by molar-refractivity contribution is 0.122. The number of nitrogens with zero attached hydrogens (tertiary/aromatic N) is 1. The van der Waals surface area contributed by atoms with Gasteiger partial charge in [0.2, 0.25) is 0 Å². The standard InChI is InChI=1S/C17H26N2/c1-17(2,16(18)14-6-4-3-5-7-14)12-19-11-13-8-9-15(19)10-13/h3-7,13,15-16H,8-12,18H2,1-2H3. The molecule has 2 fully saturated rings. The maximum absolute atomic E-state index is 6.52. The Hall–Kier alpha value is -0.860. The van der Waals surface area contributed by atoms with E-state index in [1.54, 1.807) is 0 Å². The van der Waals surface area contributed by atoms with E-state index in [1.807, 2.05) is 0 Å². The van der Waals surface area contributed by atoms with Gasteiger partial charge in [0.05, 0.1) is 0 Å². The average Bonchev–Trinajstić information content (AvgIpc) is 3.00. The Kier molecular flexibility index (Phi) is 3.40. The fourth-order valence-electron chi connectivity index (χ4n) is 3.95. The van der Waals surface area contributed by atoms with E-state index in [9.17, 15) is 0 Å². The summed E-state index contributed by atoms with van der Waals surface area (Å²) in [5.41, 5.74) is 7.91. The van der Waals surface area contributed by atoms with Gasteiger partial charge in [0.1, 0.15) is 0 Å². The molecule has 1 saturated carbocycles. The van der Waals surface area contributed by atoms with Gasteiger partial charge in [-0.25, -0.2) is 0 Å². The Morgan fingerprint density at radius 2 is 2.00 bits per heavy atom. The minimum absolute atomic E-state index is 0.118. The lowest BCUT2D eigenvalue weighted by atomic mass is 9.80. The lowest BCUT2D eigenvalue weighted by Gasteiger charge is -2.39. The van der Waals surface area contributed by atoms with Crippen LogP contribution in [0.2, 0.25) is 0 Å². The molecule has 1 aromatic rings. The molecule has 1 heterocycles. The van der Waals surface area contributed by atoms with Crippen LogP contribution in [0.3, 0.4) is 0 Å². The average molecular weight is 258 g/mol. The summed E-state index contributed by atoms with van der Waals surface area (Å²) in [5.74, 6) is 0.966. The highest BCUT2D eigenvalue weighted by Gasteiger charge is 2.41. The van der Waals surface area contributed by atoms with Gasteiger partial charge in [-0.3, -0.25) is 4.90 Å². The molecule has 3 rings (SSSR count). The number of fused-ring (bicyclic) bond motifs is 2. The monoisotopic (exact) mass is 258 g/mol. The van der Waals surface area contributed by atoms with Crippen LogP contribution in [0.5, 0.6) is 0 Å². The summed E-state index contributed by atoms with van der Waals surface area (Å²) in [6.45, 7) is 7.06. The molecular weight excluding hydrogens is 232 g/mol. The molecule has 2 bridgehead atoms. The van der Waals surface area contributed by atoms with Crippen molar-refractivity contribution in [2.45, 2.75) is 45.2 Å². The van der Waals surface area contributed by atoms with Crippen LogP contribution in [0.1, 0.15) is 44.7 Å². The summed E-state index contributed by atoms with van der Waals surface area (Å²) in [6.07, 6.45) is 4.28. The van der Waals surface area contributed by atoms with Gasteiger partial charge in [-0.05, 0) is 36.2 Å². The fourth-order valence-corrected chi connectivity index (χ4v) is 3.95. The second-order valence-electron chi connectivity index (χ2n) is 7.14. The van der Waals surface area contributed by atoms with Crippen molar-refractivity contribution in [1.29, 1.82) is 0 Å². The van der Waals surface area contributed by atoms with Crippen LogP contribution in [-0.2, 0) is 0 Å². The Morgan fingerprint density at radius 3 is 2.58 bits per heavy atom. The number of hydrogen-bond acceptors (Lipinski definition) is 2. The van der Waals surface area contributed by atoms with Crippen molar-refractivity contribution in [3.63, 3.8) is 0 Å². The number of piperidine rings is 1. The predicted octanol–water partition coefficient (Wildman–Crippen LogP) is 3.20. The highest BCUT2D eigenvalue weighted by atomic mass is 15.2. The first-order valence-corrected chi connectivity index (χ1v) is 7.61. The molecule has 2 nitrogen and oxygen atoms in total. The van der Waals surface area contributed by atoms with Crippen LogP contribution in [0.25, 0.3) is 0 Å². The molecule has 104 valence electrons. The Labute approximate surface area is 117 Å². The van der Waals surface area contributed by atoms with Crippen LogP contribution >= 0.6 is 0 Å². The molecule has 1 aliphatic heterocycles. The first kappa shape index (κ1) is 13.1.